The second-order valence-corrected chi connectivity index (χ2v) is 5.85. The summed E-state index contributed by atoms with van der Waals surface area (Å²) in [6.45, 7) is 1.14. The lowest BCUT2D eigenvalue weighted by Gasteiger charge is -2.18. The van der Waals surface area contributed by atoms with Crippen LogP contribution in [0.25, 0.3) is 0 Å². The minimum atomic E-state index is -0.247. The van der Waals surface area contributed by atoms with Crippen LogP contribution in [-0.4, -0.2) is 16.9 Å². The maximum Gasteiger partial charge on any atom is 0.127 e. The Bertz CT molecular complexity index is 660. The van der Waals surface area contributed by atoms with Gasteiger partial charge in [0.1, 0.15) is 10.8 Å². The number of nitrogens with zero attached hydrogens (tertiary/aromatic N) is 1. The molecule has 2 aromatic carbocycles. The number of halogens is 2. The maximum absolute atomic E-state index is 13.7. The third kappa shape index (κ3) is 4.49. The summed E-state index contributed by atoms with van der Waals surface area (Å²) in [4.78, 5) is 2.38. The van der Waals surface area contributed by atoms with E-state index in [9.17, 15) is 4.39 Å². The topological polar surface area (TPSA) is 29.3 Å². The van der Waals surface area contributed by atoms with Crippen LogP contribution in [0.4, 0.5) is 4.39 Å². The van der Waals surface area contributed by atoms with Crippen LogP contribution < -0.4 is 5.73 Å². The Morgan fingerprint density at radius 3 is 2.71 bits per heavy atom. The molecule has 2 rings (SSSR count). The first-order valence-electron chi connectivity index (χ1n) is 6.47. The number of nitrogens with two attached hydrogens (primary N) is 1. The third-order valence-electron chi connectivity index (χ3n) is 3.11. The molecule has 0 atom stereocenters. The van der Waals surface area contributed by atoms with Gasteiger partial charge in [-0.25, -0.2) is 4.39 Å². The highest BCUT2D eigenvalue weighted by molar-refractivity contribution is 7.80. The van der Waals surface area contributed by atoms with Gasteiger partial charge in [0.15, 0.2) is 0 Å². The molecule has 110 valence electrons. The maximum atomic E-state index is 13.7. The zero-order chi connectivity index (χ0) is 15.4. The predicted molar refractivity (Wildman–Crippen MR) is 88.9 cm³/mol. The number of rotatable bonds is 5. The van der Waals surface area contributed by atoms with Crippen LogP contribution in [-0.2, 0) is 13.1 Å². The smallest absolute Gasteiger partial charge is 0.127 e. The molecule has 0 aromatic heterocycles. The predicted octanol–water partition coefficient (Wildman–Crippen LogP) is 3.75. The Morgan fingerprint density at radius 2 is 2.00 bits per heavy atom. The summed E-state index contributed by atoms with van der Waals surface area (Å²) in [5.41, 5.74) is 8.12. The van der Waals surface area contributed by atoms with Gasteiger partial charge in [0.25, 0.3) is 0 Å². The van der Waals surface area contributed by atoms with Crippen LogP contribution >= 0.6 is 23.8 Å². The van der Waals surface area contributed by atoms with Crippen molar-refractivity contribution in [3.63, 3.8) is 0 Å². The molecule has 0 unspecified atom stereocenters. The molecule has 0 bridgehead atoms. The molecule has 0 saturated carbocycles. The summed E-state index contributed by atoms with van der Waals surface area (Å²) in [7, 11) is 1.92. The van der Waals surface area contributed by atoms with E-state index in [1.54, 1.807) is 12.1 Å². The highest BCUT2D eigenvalue weighted by Gasteiger charge is 2.08. The number of hydrogen-bond donors (Lipinski definition) is 1. The molecule has 0 spiro atoms. The van der Waals surface area contributed by atoms with Gasteiger partial charge in [-0.05, 0) is 36.9 Å². The molecule has 2 N–H and O–H groups in total. The Labute approximate surface area is 134 Å². The number of benzene rings is 2. The van der Waals surface area contributed by atoms with Crippen molar-refractivity contribution in [2.45, 2.75) is 13.1 Å². The lowest BCUT2D eigenvalue weighted by Crippen LogP contribution is -2.18. The van der Waals surface area contributed by atoms with Crippen molar-refractivity contribution in [1.82, 2.24) is 4.90 Å². The Morgan fingerprint density at radius 1 is 1.24 bits per heavy atom. The second-order valence-electron chi connectivity index (χ2n) is 4.97. The molecule has 0 saturated heterocycles. The molecule has 0 amide bonds. The summed E-state index contributed by atoms with van der Waals surface area (Å²) in [5, 5.41) is 0.537. The van der Waals surface area contributed by atoms with Crippen LogP contribution in [0.2, 0.25) is 5.02 Å². The van der Waals surface area contributed by atoms with E-state index in [1.165, 1.54) is 6.07 Å². The van der Waals surface area contributed by atoms with E-state index in [0.717, 1.165) is 11.1 Å². The molecule has 21 heavy (non-hydrogen) atoms. The van der Waals surface area contributed by atoms with Gasteiger partial charge in [0.05, 0.1) is 0 Å². The monoisotopic (exact) mass is 322 g/mol. The molecule has 0 aliphatic rings. The lowest BCUT2D eigenvalue weighted by atomic mass is 10.1. The van der Waals surface area contributed by atoms with E-state index in [-0.39, 0.29) is 5.82 Å². The van der Waals surface area contributed by atoms with Crippen molar-refractivity contribution < 1.29 is 4.39 Å². The Hall–Kier alpha value is -1.49. The number of thiocarbonyl (C=S) groups is 1. The first kappa shape index (κ1) is 15.9. The van der Waals surface area contributed by atoms with E-state index in [2.05, 4.69) is 0 Å². The fourth-order valence-corrected chi connectivity index (χ4v) is 2.47. The van der Waals surface area contributed by atoms with E-state index in [1.807, 2.05) is 36.2 Å². The molecule has 2 aromatic rings. The van der Waals surface area contributed by atoms with Gasteiger partial charge >= 0.3 is 0 Å². The second kappa shape index (κ2) is 6.98. The van der Waals surface area contributed by atoms with Crippen molar-refractivity contribution in [1.29, 1.82) is 0 Å². The first-order chi connectivity index (χ1) is 9.95. The minimum absolute atomic E-state index is 0.247. The minimum Gasteiger partial charge on any atom is -0.389 e. The lowest BCUT2D eigenvalue weighted by molar-refractivity contribution is 0.313. The molecule has 0 fully saturated rings. The Balaban J connectivity index is 2.08. The van der Waals surface area contributed by atoms with Crippen LogP contribution in [0.15, 0.2) is 42.5 Å². The van der Waals surface area contributed by atoms with Gasteiger partial charge in [-0.1, -0.05) is 42.0 Å². The van der Waals surface area contributed by atoms with Gasteiger partial charge in [-0.15, -0.1) is 0 Å². The SMILES string of the molecule is CN(Cc1cccc(C(N)=S)c1)Cc1cc(Cl)ccc1F. The summed E-state index contributed by atoms with van der Waals surface area (Å²) in [6.07, 6.45) is 0. The molecule has 0 aliphatic carbocycles. The van der Waals surface area contributed by atoms with Crippen molar-refractivity contribution in [3.8, 4) is 0 Å². The standard InChI is InChI=1S/C16H16ClFN2S/c1-20(10-13-8-14(17)5-6-15(13)18)9-11-3-2-4-12(7-11)16(19)21/h2-8H,9-10H2,1H3,(H2,19,21). The van der Waals surface area contributed by atoms with Gasteiger partial charge in [-0.2, -0.15) is 0 Å². The largest absolute Gasteiger partial charge is 0.389 e. The molecule has 5 heteroatoms. The van der Waals surface area contributed by atoms with Gasteiger partial charge in [0.2, 0.25) is 0 Å². The van der Waals surface area contributed by atoms with Gasteiger partial charge in [-0.3, -0.25) is 4.90 Å². The summed E-state index contributed by atoms with van der Waals surface area (Å²) < 4.78 is 13.7. The van der Waals surface area contributed by atoms with Gasteiger partial charge < -0.3 is 5.73 Å². The normalized spacial score (nSPS) is 10.9. The average molecular weight is 323 g/mol. The molecular weight excluding hydrogens is 307 g/mol. The highest BCUT2D eigenvalue weighted by Crippen LogP contribution is 2.17. The van der Waals surface area contributed by atoms with Crippen LogP contribution in [0.5, 0.6) is 0 Å². The zero-order valence-electron chi connectivity index (χ0n) is 11.6. The quantitative estimate of drug-likeness (QED) is 0.850. The molecule has 0 radical (unpaired) electrons. The van der Waals surface area contributed by atoms with Crippen molar-refractivity contribution in [2.75, 3.05) is 7.05 Å². The Kier molecular flexibility index (Phi) is 5.28. The van der Waals surface area contributed by atoms with Crippen molar-refractivity contribution in [2.24, 2.45) is 5.73 Å². The van der Waals surface area contributed by atoms with E-state index >= 15 is 0 Å². The van der Waals surface area contributed by atoms with E-state index in [4.69, 9.17) is 29.6 Å². The highest BCUT2D eigenvalue weighted by atomic mass is 35.5. The molecular formula is C16H16ClFN2S. The van der Waals surface area contributed by atoms with Crippen LogP contribution in [0.1, 0.15) is 16.7 Å². The fraction of sp³-hybridized carbons (Fsp3) is 0.188. The molecule has 0 aliphatic heterocycles. The average Bonchev–Trinajstić information content (AvgIpc) is 2.43. The fourth-order valence-electron chi connectivity index (χ4n) is 2.15. The van der Waals surface area contributed by atoms with Crippen molar-refractivity contribution in [3.05, 3.63) is 70.0 Å². The summed E-state index contributed by atoms with van der Waals surface area (Å²) in [5.74, 6) is -0.247. The van der Waals surface area contributed by atoms with Gasteiger partial charge in [0, 0.05) is 29.2 Å². The van der Waals surface area contributed by atoms with Crippen LogP contribution in [0.3, 0.4) is 0 Å². The summed E-state index contributed by atoms with van der Waals surface area (Å²) in [6, 6.07) is 12.3. The number of hydrogen-bond acceptors (Lipinski definition) is 2. The van der Waals surface area contributed by atoms with Crippen LogP contribution in [0, 0.1) is 5.82 Å². The molecule has 0 heterocycles. The van der Waals surface area contributed by atoms with E-state index in [0.29, 0.717) is 28.7 Å². The third-order valence-corrected chi connectivity index (χ3v) is 3.58. The summed E-state index contributed by atoms with van der Waals surface area (Å²) >= 11 is 10.9. The van der Waals surface area contributed by atoms with E-state index < -0.39 is 0 Å². The zero-order valence-corrected chi connectivity index (χ0v) is 13.2. The molecule has 2 nitrogen and oxygen atoms in total. The van der Waals surface area contributed by atoms with Crippen molar-refractivity contribution >= 4 is 28.8 Å². The first-order valence-corrected chi connectivity index (χ1v) is 7.25.